The largest absolute Gasteiger partial charge is 0.482 e. The highest BCUT2D eigenvalue weighted by atomic mass is 19.4. The molecule has 0 saturated heterocycles. The highest BCUT2D eigenvalue weighted by molar-refractivity contribution is 5.71. The molecule has 0 aliphatic rings. The van der Waals surface area contributed by atoms with Crippen molar-refractivity contribution in [2.24, 2.45) is 0 Å². The number of hydrogen-bond acceptors (Lipinski definition) is 4. The molecule has 0 fully saturated rings. The fraction of sp³-hybridized carbons (Fsp3) is 0.321. The molecule has 0 aliphatic carbocycles. The summed E-state index contributed by atoms with van der Waals surface area (Å²) in [6, 6.07) is 18.9. The normalized spacial score (nSPS) is 11.3. The summed E-state index contributed by atoms with van der Waals surface area (Å²) < 4.78 is 49.2. The molecule has 0 N–H and O–H groups in total. The van der Waals surface area contributed by atoms with Gasteiger partial charge in [0.2, 0.25) is 0 Å². The maximum absolute atomic E-state index is 12.9. The van der Waals surface area contributed by atoms with Crippen LogP contribution in [0.2, 0.25) is 0 Å². The average Bonchev–Trinajstić information content (AvgIpc) is 2.83. The zero-order chi connectivity index (χ0) is 25.4. The maximum Gasteiger partial charge on any atom is 0.416 e. The van der Waals surface area contributed by atoms with E-state index in [-0.39, 0.29) is 6.61 Å². The number of ether oxygens (including phenoxy) is 2. The Kier molecular flexibility index (Phi) is 8.79. The molecule has 7 heteroatoms. The fourth-order valence-electron chi connectivity index (χ4n) is 3.83. The van der Waals surface area contributed by atoms with Gasteiger partial charge in [0.05, 0.1) is 12.2 Å². The molecule has 0 bridgehead atoms. The molecule has 35 heavy (non-hydrogen) atoms. The van der Waals surface area contributed by atoms with E-state index in [0.29, 0.717) is 18.9 Å². The van der Waals surface area contributed by atoms with Gasteiger partial charge in [-0.2, -0.15) is 13.2 Å². The standard InChI is InChI=1S/C28H30F3NO3/c1-4-15-32(18-21-9-14-26(20(3)16-21)35-19-27(33)34-5-2)25-8-6-7-23(17-25)22-10-12-24(13-11-22)28(29,30)31/h6-14,16-17H,4-5,15,18-19H2,1-3H3. The average molecular weight is 486 g/mol. The van der Waals surface area contributed by atoms with Crippen LogP contribution >= 0.6 is 0 Å². The number of hydrogen-bond donors (Lipinski definition) is 0. The first-order valence-corrected chi connectivity index (χ1v) is 11.6. The summed E-state index contributed by atoms with van der Waals surface area (Å²) in [6.45, 7) is 7.43. The van der Waals surface area contributed by atoms with Gasteiger partial charge in [0.25, 0.3) is 0 Å². The van der Waals surface area contributed by atoms with E-state index in [2.05, 4.69) is 11.8 Å². The van der Waals surface area contributed by atoms with Crippen molar-refractivity contribution < 1.29 is 27.4 Å². The van der Waals surface area contributed by atoms with Crippen LogP contribution in [0.15, 0.2) is 66.7 Å². The highest BCUT2D eigenvalue weighted by Crippen LogP contribution is 2.32. The summed E-state index contributed by atoms with van der Waals surface area (Å²) in [5, 5.41) is 0. The Hall–Kier alpha value is -3.48. The van der Waals surface area contributed by atoms with Crippen molar-refractivity contribution in [3.05, 3.63) is 83.4 Å². The molecule has 0 aromatic heterocycles. The Morgan fingerprint density at radius 2 is 1.69 bits per heavy atom. The van der Waals surface area contributed by atoms with Crippen LogP contribution in [0.3, 0.4) is 0 Å². The van der Waals surface area contributed by atoms with Crippen LogP contribution in [-0.2, 0) is 22.3 Å². The molecule has 0 spiro atoms. The Morgan fingerprint density at radius 1 is 0.943 bits per heavy atom. The molecule has 0 radical (unpaired) electrons. The van der Waals surface area contributed by atoms with Gasteiger partial charge in [0.1, 0.15) is 5.75 Å². The molecule has 0 amide bonds. The number of rotatable bonds is 10. The van der Waals surface area contributed by atoms with Gasteiger partial charge in [-0.25, -0.2) is 4.79 Å². The Bertz CT molecular complexity index is 1130. The van der Waals surface area contributed by atoms with Crippen LogP contribution in [0, 0.1) is 6.92 Å². The van der Waals surface area contributed by atoms with Crippen molar-refractivity contribution in [3.8, 4) is 16.9 Å². The SMILES string of the molecule is CCCN(Cc1ccc(OCC(=O)OCC)c(C)c1)c1cccc(-c2ccc(C(F)(F)F)cc2)c1. The first-order chi connectivity index (χ1) is 16.7. The van der Waals surface area contributed by atoms with Gasteiger partial charge in [0, 0.05) is 18.8 Å². The Balaban J connectivity index is 1.76. The number of anilines is 1. The summed E-state index contributed by atoms with van der Waals surface area (Å²) in [5.41, 5.74) is 3.92. The van der Waals surface area contributed by atoms with Crippen molar-refractivity contribution in [2.45, 2.75) is 39.9 Å². The lowest BCUT2D eigenvalue weighted by Gasteiger charge is -2.25. The van der Waals surface area contributed by atoms with Gasteiger partial charge in [-0.05, 0) is 72.9 Å². The summed E-state index contributed by atoms with van der Waals surface area (Å²) in [4.78, 5) is 13.8. The number of carbonyl (C=O) groups is 1. The lowest BCUT2D eigenvalue weighted by atomic mass is 10.0. The van der Waals surface area contributed by atoms with E-state index >= 15 is 0 Å². The Morgan fingerprint density at radius 3 is 2.31 bits per heavy atom. The molecule has 0 saturated carbocycles. The topological polar surface area (TPSA) is 38.8 Å². The van der Waals surface area contributed by atoms with Crippen molar-refractivity contribution in [3.63, 3.8) is 0 Å². The van der Waals surface area contributed by atoms with Gasteiger partial charge >= 0.3 is 12.1 Å². The van der Waals surface area contributed by atoms with Gasteiger partial charge in [-0.3, -0.25) is 0 Å². The predicted octanol–water partition coefficient (Wildman–Crippen LogP) is 7.04. The van der Waals surface area contributed by atoms with Gasteiger partial charge in [-0.1, -0.05) is 43.3 Å². The zero-order valence-electron chi connectivity index (χ0n) is 20.2. The summed E-state index contributed by atoms with van der Waals surface area (Å²) in [6.07, 6.45) is -3.42. The van der Waals surface area contributed by atoms with E-state index < -0.39 is 17.7 Å². The van der Waals surface area contributed by atoms with Crippen LogP contribution in [0.25, 0.3) is 11.1 Å². The molecule has 3 rings (SSSR count). The number of halogens is 3. The molecule has 0 unspecified atom stereocenters. The lowest BCUT2D eigenvalue weighted by Crippen LogP contribution is -2.23. The summed E-state index contributed by atoms with van der Waals surface area (Å²) >= 11 is 0. The van der Waals surface area contributed by atoms with E-state index in [1.165, 1.54) is 12.1 Å². The second-order valence-corrected chi connectivity index (χ2v) is 8.24. The summed E-state index contributed by atoms with van der Waals surface area (Å²) in [7, 11) is 0. The van der Waals surface area contributed by atoms with Crippen molar-refractivity contribution in [1.82, 2.24) is 0 Å². The number of aryl methyl sites for hydroxylation is 1. The molecule has 3 aromatic carbocycles. The monoisotopic (exact) mass is 485 g/mol. The van der Waals surface area contributed by atoms with E-state index in [1.807, 2.05) is 49.4 Å². The number of esters is 1. The molecule has 3 aromatic rings. The molecule has 0 heterocycles. The first-order valence-electron chi connectivity index (χ1n) is 11.6. The molecular formula is C28H30F3NO3. The second-order valence-electron chi connectivity index (χ2n) is 8.24. The quantitative estimate of drug-likeness (QED) is 0.289. The third kappa shape index (κ3) is 7.25. The fourth-order valence-corrected chi connectivity index (χ4v) is 3.83. The van der Waals surface area contributed by atoms with Crippen LogP contribution in [0.5, 0.6) is 5.75 Å². The van der Waals surface area contributed by atoms with Crippen LogP contribution < -0.4 is 9.64 Å². The van der Waals surface area contributed by atoms with Gasteiger partial charge in [-0.15, -0.1) is 0 Å². The highest BCUT2D eigenvalue weighted by Gasteiger charge is 2.30. The molecular weight excluding hydrogens is 455 g/mol. The van der Waals surface area contributed by atoms with Crippen LogP contribution in [-0.4, -0.2) is 25.7 Å². The molecule has 0 aliphatic heterocycles. The number of carbonyl (C=O) groups excluding carboxylic acids is 1. The number of alkyl halides is 3. The van der Waals surface area contributed by atoms with Crippen molar-refractivity contribution in [1.29, 1.82) is 0 Å². The van der Waals surface area contributed by atoms with Gasteiger partial charge < -0.3 is 14.4 Å². The molecule has 0 atom stereocenters. The van der Waals surface area contributed by atoms with Gasteiger partial charge in [0.15, 0.2) is 6.61 Å². The third-order valence-corrected chi connectivity index (χ3v) is 5.51. The zero-order valence-corrected chi connectivity index (χ0v) is 20.2. The first kappa shape index (κ1) is 26.1. The lowest BCUT2D eigenvalue weighted by molar-refractivity contribution is -0.145. The minimum atomic E-state index is -4.35. The Labute approximate surface area is 204 Å². The third-order valence-electron chi connectivity index (χ3n) is 5.51. The number of benzene rings is 3. The van der Waals surface area contributed by atoms with Crippen LogP contribution in [0.1, 0.15) is 37.0 Å². The molecule has 4 nitrogen and oxygen atoms in total. The predicted molar refractivity (Wildman–Crippen MR) is 132 cm³/mol. The summed E-state index contributed by atoms with van der Waals surface area (Å²) in [5.74, 6) is 0.228. The van der Waals surface area contributed by atoms with Crippen molar-refractivity contribution in [2.75, 3.05) is 24.7 Å². The van der Waals surface area contributed by atoms with E-state index in [9.17, 15) is 18.0 Å². The molecule has 186 valence electrons. The minimum absolute atomic E-state index is 0.132. The minimum Gasteiger partial charge on any atom is -0.482 e. The van der Waals surface area contributed by atoms with E-state index in [0.717, 1.165) is 53.0 Å². The number of nitrogens with zero attached hydrogens (tertiary/aromatic N) is 1. The van der Waals surface area contributed by atoms with E-state index in [4.69, 9.17) is 9.47 Å². The van der Waals surface area contributed by atoms with Crippen molar-refractivity contribution >= 4 is 11.7 Å². The second kappa shape index (κ2) is 11.8. The maximum atomic E-state index is 12.9. The van der Waals surface area contributed by atoms with E-state index in [1.54, 1.807) is 6.92 Å². The van der Waals surface area contributed by atoms with Crippen LogP contribution in [0.4, 0.5) is 18.9 Å². The smallest absolute Gasteiger partial charge is 0.416 e.